The minimum absolute atomic E-state index is 0.239. The summed E-state index contributed by atoms with van der Waals surface area (Å²) in [5, 5.41) is -0.239. The highest BCUT2D eigenvalue weighted by atomic mass is 127. The molecule has 1 fully saturated rings. The van der Waals surface area contributed by atoms with Gasteiger partial charge in [0.15, 0.2) is 0 Å². The van der Waals surface area contributed by atoms with Crippen LogP contribution < -0.4 is 0 Å². The highest BCUT2D eigenvalue weighted by molar-refractivity contribution is 14.1. The molecule has 0 saturated carbocycles. The maximum Gasteiger partial charge on any atom is 0.293 e. The number of imide groups is 1. The first-order chi connectivity index (χ1) is 8.61. The molecule has 0 bridgehead atoms. The Bertz CT molecular complexity index is 536. The van der Waals surface area contributed by atoms with Gasteiger partial charge in [0.1, 0.15) is 0 Å². The topological polar surface area (TPSA) is 37.4 Å². The smallest absolute Gasteiger partial charge is 0.268 e. The van der Waals surface area contributed by atoms with Crippen molar-refractivity contribution in [3.05, 3.63) is 51.0 Å². The second-order valence-electron chi connectivity index (χ2n) is 3.63. The van der Waals surface area contributed by atoms with Crippen molar-refractivity contribution in [1.29, 1.82) is 0 Å². The first-order valence-electron chi connectivity index (χ1n) is 5.23. The van der Waals surface area contributed by atoms with Crippen LogP contribution in [-0.2, 0) is 4.79 Å². The summed E-state index contributed by atoms with van der Waals surface area (Å²) in [7, 11) is 0. The summed E-state index contributed by atoms with van der Waals surface area (Å²) in [6.07, 6.45) is 3.29. The van der Waals surface area contributed by atoms with Crippen LogP contribution >= 0.6 is 34.4 Å². The van der Waals surface area contributed by atoms with Crippen LogP contribution in [0.2, 0.25) is 0 Å². The fourth-order valence-electron chi connectivity index (χ4n) is 1.50. The molecule has 5 heteroatoms. The molecule has 0 aromatic heterocycles. The molecule has 1 aromatic carbocycles. The predicted octanol–water partition coefficient (Wildman–Crippen LogP) is 3.51. The Morgan fingerprint density at radius 3 is 2.56 bits per heavy atom. The van der Waals surface area contributed by atoms with E-state index in [4.69, 9.17) is 0 Å². The Kier molecular flexibility index (Phi) is 4.23. The van der Waals surface area contributed by atoms with Crippen molar-refractivity contribution < 1.29 is 9.59 Å². The fourth-order valence-corrected chi connectivity index (χ4v) is 2.70. The van der Waals surface area contributed by atoms with Crippen molar-refractivity contribution in [1.82, 2.24) is 4.90 Å². The second kappa shape index (κ2) is 5.71. The first-order valence-corrected chi connectivity index (χ1v) is 7.13. The number of amides is 2. The van der Waals surface area contributed by atoms with E-state index in [0.717, 1.165) is 20.9 Å². The average Bonchev–Trinajstić information content (AvgIpc) is 2.60. The number of carbonyl (C=O) groups excluding carboxylic acids is 2. The number of rotatable bonds is 3. The molecule has 2 amide bonds. The molecule has 0 N–H and O–H groups in total. The van der Waals surface area contributed by atoms with E-state index in [-0.39, 0.29) is 17.7 Å². The quantitative estimate of drug-likeness (QED) is 0.464. The van der Waals surface area contributed by atoms with Crippen molar-refractivity contribution in [3.63, 3.8) is 0 Å². The van der Waals surface area contributed by atoms with Crippen LogP contribution in [-0.4, -0.2) is 22.6 Å². The van der Waals surface area contributed by atoms with E-state index >= 15 is 0 Å². The van der Waals surface area contributed by atoms with E-state index in [1.165, 1.54) is 4.90 Å². The molecule has 3 nitrogen and oxygen atoms in total. The van der Waals surface area contributed by atoms with Crippen molar-refractivity contribution >= 4 is 51.6 Å². The number of nitrogens with zero attached hydrogens (tertiary/aromatic N) is 1. The van der Waals surface area contributed by atoms with E-state index in [0.29, 0.717) is 4.91 Å². The zero-order valence-corrected chi connectivity index (χ0v) is 12.4. The molecule has 1 aliphatic rings. The third-order valence-corrected chi connectivity index (χ3v) is 3.98. The van der Waals surface area contributed by atoms with Gasteiger partial charge in [0, 0.05) is 10.1 Å². The number of hydrogen-bond donors (Lipinski definition) is 0. The van der Waals surface area contributed by atoms with Crippen LogP contribution in [0.1, 0.15) is 5.56 Å². The Labute approximate surface area is 123 Å². The standard InChI is InChI=1S/C13H10INO2S/c1-2-7-15-12(16)11(18-13(15)17)8-9-3-5-10(14)6-4-9/h2-6,8H,1,7H2. The average molecular weight is 371 g/mol. The predicted molar refractivity (Wildman–Crippen MR) is 82.0 cm³/mol. The van der Waals surface area contributed by atoms with E-state index in [1.807, 2.05) is 24.3 Å². The molecule has 0 radical (unpaired) electrons. The van der Waals surface area contributed by atoms with Crippen molar-refractivity contribution in [2.45, 2.75) is 0 Å². The maximum absolute atomic E-state index is 11.9. The largest absolute Gasteiger partial charge is 0.293 e. The lowest BCUT2D eigenvalue weighted by Crippen LogP contribution is -2.27. The summed E-state index contributed by atoms with van der Waals surface area (Å²) in [6, 6.07) is 7.76. The SMILES string of the molecule is C=CCN1C(=O)SC(=Cc2ccc(I)cc2)C1=O. The highest BCUT2D eigenvalue weighted by Gasteiger charge is 2.33. The van der Waals surface area contributed by atoms with Gasteiger partial charge in [-0.3, -0.25) is 14.5 Å². The van der Waals surface area contributed by atoms with E-state index in [1.54, 1.807) is 12.2 Å². The highest BCUT2D eigenvalue weighted by Crippen LogP contribution is 2.31. The van der Waals surface area contributed by atoms with Gasteiger partial charge in [0.05, 0.1) is 4.91 Å². The lowest BCUT2D eigenvalue weighted by atomic mass is 10.2. The van der Waals surface area contributed by atoms with Gasteiger partial charge in [0.25, 0.3) is 11.1 Å². The number of benzene rings is 1. The van der Waals surface area contributed by atoms with Gasteiger partial charge in [-0.2, -0.15) is 0 Å². The Morgan fingerprint density at radius 2 is 1.94 bits per heavy atom. The maximum atomic E-state index is 11.9. The van der Waals surface area contributed by atoms with Crippen LogP contribution in [0, 0.1) is 3.57 Å². The van der Waals surface area contributed by atoms with Crippen LogP contribution in [0.25, 0.3) is 6.08 Å². The minimum atomic E-state index is -0.247. The summed E-state index contributed by atoms with van der Waals surface area (Å²) < 4.78 is 1.13. The summed E-state index contributed by atoms with van der Waals surface area (Å²) in [5.41, 5.74) is 0.916. The van der Waals surface area contributed by atoms with Gasteiger partial charge in [-0.1, -0.05) is 18.2 Å². The molecule has 1 aromatic rings. The molecule has 1 aliphatic heterocycles. The Balaban J connectivity index is 2.24. The summed E-state index contributed by atoms with van der Waals surface area (Å²) >= 11 is 3.19. The molecule has 18 heavy (non-hydrogen) atoms. The molecule has 92 valence electrons. The summed E-state index contributed by atoms with van der Waals surface area (Å²) in [5.74, 6) is -0.247. The van der Waals surface area contributed by atoms with Crippen LogP contribution in [0.3, 0.4) is 0 Å². The van der Waals surface area contributed by atoms with Crippen molar-refractivity contribution in [3.8, 4) is 0 Å². The Morgan fingerprint density at radius 1 is 1.28 bits per heavy atom. The normalized spacial score (nSPS) is 17.6. The molecule has 2 rings (SSSR count). The lowest BCUT2D eigenvalue weighted by molar-refractivity contribution is -0.122. The van der Waals surface area contributed by atoms with Crippen molar-refractivity contribution in [2.75, 3.05) is 6.54 Å². The fraction of sp³-hybridized carbons (Fsp3) is 0.0769. The van der Waals surface area contributed by atoms with Gasteiger partial charge in [-0.15, -0.1) is 6.58 Å². The third kappa shape index (κ3) is 2.84. The number of carbonyl (C=O) groups is 2. The Hall–Kier alpha value is -1.08. The lowest BCUT2D eigenvalue weighted by Gasteiger charge is -2.07. The van der Waals surface area contributed by atoms with Gasteiger partial charge >= 0.3 is 0 Å². The van der Waals surface area contributed by atoms with Crippen molar-refractivity contribution in [2.24, 2.45) is 0 Å². The third-order valence-electron chi connectivity index (χ3n) is 2.35. The summed E-state index contributed by atoms with van der Waals surface area (Å²) in [4.78, 5) is 25.2. The minimum Gasteiger partial charge on any atom is -0.268 e. The number of halogens is 1. The molecule has 0 atom stereocenters. The number of thioether (sulfide) groups is 1. The van der Waals surface area contributed by atoms with E-state index in [9.17, 15) is 9.59 Å². The second-order valence-corrected chi connectivity index (χ2v) is 5.87. The molecule has 0 spiro atoms. The monoisotopic (exact) mass is 371 g/mol. The first kappa shape index (κ1) is 13.4. The van der Waals surface area contributed by atoms with Crippen LogP contribution in [0.15, 0.2) is 41.8 Å². The molecule has 1 saturated heterocycles. The van der Waals surface area contributed by atoms with Gasteiger partial charge in [0.2, 0.25) is 0 Å². The van der Waals surface area contributed by atoms with Crippen LogP contribution in [0.5, 0.6) is 0 Å². The summed E-state index contributed by atoms with van der Waals surface area (Å²) in [6.45, 7) is 3.79. The molecule has 0 unspecified atom stereocenters. The van der Waals surface area contributed by atoms with Gasteiger partial charge in [-0.25, -0.2) is 0 Å². The molecule has 1 heterocycles. The van der Waals surface area contributed by atoms with E-state index < -0.39 is 0 Å². The zero-order chi connectivity index (χ0) is 13.1. The van der Waals surface area contributed by atoms with Crippen LogP contribution in [0.4, 0.5) is 4.79 Å². The zero-order valence-electron chi connectivity index (χ0n) is 9.43. The van der Waals surface area contributed by atoms with E-state index in [2.05, 4.69) is 29.2 Å². The van der Waals surface area contributed by atoms with Gasteiger partial charge in [-0.05, 0) is 58.1 Å². The number of hydrogen-bond acceptors (Lipinski definition) is 3. The molecule has 0 aliphatic carbocycles. The molecular formula is C13H10INO2S. The van der Waals surface area contributed by atoms with Gasteiger partial charge < -0.3 is 0 Å². The molecular weight excluding hydrogens is 361 g/mol.